The molecule has 1 heterocycles. The molecule has 0 atom stereocenters. The van der Waals surface area contributed by atoms with Gasteiger partial charge in [-0.3, -0.25) is 0 Å². The summed E-state index contributed by atoms with van der Waals surface area (Å²) in [5.74, 6) is 1.94. The van der Waals surface area contributed by atoms with Gasteiger partial charge in [-0.25, -0.2) is 9.55 Å². The molecule has 0 saturated heterocycles. The number of rotatable bonds is 3. The molecule has 1 aromatic carbocycles. The maximum atomic E-state index is 6.06. The molecule has 1 aliphatic carbocycles. The highest BCUT2D eigenvalue weighted by atomic mass is 35.5. The molecule has 1 saturated carbocycles. The minimum atomic E-state index is 0.764. The Morgan fingerprint density at radius 1 is 1.37 bits per heavy atom. The molecule has 0 unspecified atom stereocenters. The third-order valence-corrected chi connectivity index (χ3v) is 4.28. The smallest absolute Gasteiger partial charge is 0.237 e. The van der Waals surface area contributed by atoms with Crippen LogP contribution in [0.2, 0.25) is 5.02 Å². The van der Waals surface area contributed by atoms with Crippen molar-refractivity contribution >= 4 is 28.7 Å². The van der Waals surface area contributed by atoms with Gasteiger partial charge < -0.3 is 0 Å². The zero-order valence-electron chi connectivity index (χ0n) is 11.3. The maximum absolute atomic E-state index is 6.06. The van der Waals surface area contributed by atoms with E-state index in [4.69, 9.17) is 11.6 Å². The van der Waals surface area contributed by atoms with Crippen molar-refractivity contribution in [2.75, 3.05) is 0 Å². The topological polar surface area (TPSA) is 19.7 Å². The molecule has 3 rings (SSSR count). The minimum absolute atomic E-state index is 0.764. The van der Waals surface area contributed by atoms with Crippen LogP contribution in [0, 0.1) is 5.92 Å². The molecule has 2 nitrogen and oxygen atoms in total. The molecule has 0 spiro atoms. The number of nitrogens with zero attached hydrogens (tertiary/aromatic N) is 1. The van der Waals surface area contributed by atoms with Crippen molar-refractivity contribution in [1.29, 1.82) is 0 Å². The highest BCUT2D eigenvalue weighted by Gasteiger charge is 2.16. The predicted octanol–water partition coefficient (Wildman–Crippen LogP) is 4.33. The Morgan fingerprint density at radius 2 is 2.16 bits per heavy atom. The van der Waals surface area contributed by atoms with Gasteiger partial charge in [0.05, 0.1) is 6.54 Å². The Morgan fingerprint density at radius 3 is 2.89 bits per heavy atom. The summed E-state index contributed by atoms with van der Waals surface area (Å²) in [5.41, 5.74) is 2.33. The molecule has 1 fully saturated rings. The Balaban J connectivity index is 1.97. The predicted molar refractivity (Wildman–Crippen MR) is 80.2 cm³/mol. The van der Waals surface area contributed by atoms with Crippen molar-refractivity contribution in [2.24, 2.45) is 5.92 Å². The zero-order valence-corrected chi connectivity index (χ0v) is 12.1. The lowest BCUT2D eigenvalue weighted by molar-refractivity contribution is -0.669. The van der Waals surface area contributed by atoms with Crippen molar-refractivity contribution in [1.82, 2.24) is 4.98 Å². The number of aromatic amines is 1. The van der Waals surface area contributed by atoms with Crippen molar-refractivity contribution in [3.8, 4) is 0 Å². The van der Waals surface area contributed by atoms with Gasteiger partial charge in [0.25, 0.3) is 5.82 Å². The van der Waals surface area contributed by atoms with E-state index in [-0.39, 0.29) is 0 Å². The monoisotopic (exact) mass is 275 g/mol. The fourth-order valence-corrected chi connectivity index (χ4v) is 3.20. The first-order chi connectivity index (χ1) is 9.28. The minimum Gasteiger partial charge on any atom is -0.237 e. The molecule has 0 bridgehead atoms. The Kier molecular flexibility index (Phi) is 3.61. The van der Waals surface area contributed by atoms with Crippen LogP contribution in [0.5, 0.6) is 0 Å². The van der Waals surface area contributed by atoms with Gasteiger partial charge in [-0.15, -0.1) is 0 Å². The molecule has 3 heteroatoms. The first kappa shape index (κ1) is 12.7. The average Bonchev–Trinajstić information content (AvgIpc) is 3.02. The van der Waals surface area contributed by atoms with E-state index in [1.807, 2.05) is 12.1 Å². The third-order valence-electron chi connectivity index (χ3n) is 4.05. The average molecular weight is 276 g/mol. The van der Waals surface area contributed by atoms with Gasteiger partial charge in [0.2, 0.25) is 0 Å². The second kappa shape index (κ2) is 5.38. The molecule has 19 heavy (non-hydrogen) atoms. The van der Waals surface area contributed by atoms with Gasteiger partial charge in [0.15, 0.2) is 11.0 Å². The van der Waals surface area contributed by atoms with E-state index in [0.717, 1.165) is 23.0 Å². The second-order valence-electron chi connectivity index (χ2n) is 5.32. The summed E-state index contributed by atoms with van der Waals surface area (Å²) in [4.78, 5) is 3.47. The standard InChI is InChI=1S/C16H19ClN2/c1-2-19-15-9-8-13(17)11-14(15)18-16(19)10-7-12-5-3-4-6-12/h7-12H,2-6H2,1H3/p+1/b10-7+. The Bertz CT molecular complexity index is 606. The quantitative estimate of drug-likeness (QED) is 0.805. The van der Waals surface area contributed by atoms with Crippen LogP contribution in [0.3, 0.4) is 0 Å². The van der Waals surface area contributed by atoms with E-state index in [1.54, 1.807) is 0 Å². The molecule has 1 aromatic heterocycles. The number of H-pyrrole nitrogens is 1. The van der Waals surface area contributed by atoms with Crippen molar-refractivity contribution < 1.29 is 4.57 Å². The van der Waals surface area contributed by atoms with E-state index >= 15 is 0 Å². The number of hydrogen-bond donors (Lipinski definition) is 1. The number of fused-ring (bicyclic) bond motifs is 1. The summed E-state index contributed by atoms with van der Waals surface area (Å²) in [7, 11) is 0. The molecular weight excluding hydrogens is 256 g/mol. The fourth-order valence-electron chi connectivity index (χ4n) is 3.03. The van der Waals surface area contributed by atoms with E-state index < -0.39 is 0 Å². The van der Waals surface area contributed by atoms with Gasteiger partial charge in [-0.2, -0.15) is 0 Å². The number of nitrogens with one attached hydrogen (secondary N) is 1. The van der Waals surface area contributed by atoms with E-state index in [1.165, 1.54) is 37.0 Å². The highest BCUT2D eigenvalue weighted by molar-refractivity contribution is 6.31. The molecule has 0 radical (unpaired) electrons. The van der Waals surface area contributed by atoms with Gasteiger partial charge in [-0.05, 0) is 37.8 Å². The Labute approximate surface area is 119 Å². The van der Waals surface area contributed by atoms with Crippen LogP contribution in [0.4, 0.5) is 0 Å². The van der Waals surface area contributed by atoms with Crippen molar-refractivity contribution in [3.63, 3.8) is 0 Å². The van der Waals surface area contributed by atoms with E-state index in [0.29, 0.717) is 0 Å². The van der Waals surface area contributed by atoms with Crippen LogP contribution < -0.4 is 4.57 Å². The number of allylic oxidation sites excluding steroid dienone is 1. The molecule has 1 N–H and O–H groups in total. The van der Waals surface area contributed by atoms with Crippen LogP contribution >= 0.6 is 11.6 Å². The molecule has 0 aliphatic heterocycles. The van der Waals surface area contributed by atoms with Crippen LogP contribution in [0.1, 0.15) is 38.4 Å². The van der Waals surface area contributed by atoms with E-state index in [2.05, 4.69) is 34.7 Å². The van der Waals surface area contributed by atoms with E-state index in [9.17, 15) is 0 Å². The lowest BCUT2D eigenvalue weighted by Gasteiger charge is -1.99. The number of aromatic nitrogens is 2. The SMILES string of the molecule is CC[n+]1c(/C=C/C2CCCC2)[nH]c2cc(Cl)ccc21. The largest absolute Gasteiger partial charge is 0.279 e. The van der Waals surface area contributed by atoms with Crippen LogP contribution in [0.15, 0.2) is 24.3 Å². The van der Waals surface area contributed by atoms with Crippen molar-refractivity contribution in [3.05, 3.63) is 35.1 Å². The Hall–Kier alpha value is -1.28. The van der Waals surface area contributed by atoms with Gasteiger partial charge in [0.1, 0.15) is 0 Å². The third kappa shape index (κ3) is 2.55. The van der Waals surface area contributed by atoms with Gasteiger partial charge in [0, 0.05) is 17.2 Å². The summed E-state index contributed by atoms with van der Waals surface area (Å²) in [6, 6.07) is 6.04. The summed E-state index contributed by atoms with van der Waals surface area (Å²) >= 11 is 6.06. The molecular formula is C16H20ClN2+. The first-order valence-electron chi connectivity index (χ1n) is 7.17. The van der Waals surface area contributed by atoms with Crippen LogP contribution in [-0.2, 0) is 6.54 Å². The van der Waals surface area contributed by atoms with Crippen LogP contribution in [0.25, 0.3) is 17.1 Å². The maximum Gasteiger partial charge on any atom is 0.279 e. The number of imidazole rings is 1. The summed E-state index contributed by atoms with van der Waals surface area (Å²) in [6.45, 7) is 3.14. The molecule has 0 amide bonds. The lowest BCUT2D eigenvalue weighted by Crippen LogP contribution is -2.34. The summed E-state index contributed by atoms with van der Waals surface area (Å²) in [6.07, 6.45) is 10.1. The highest BCUT2D eigenvalue weighted by Crippen LogP contribution is 2.26. The van der Waals surface area contributed by atoms with Gasteiger partial charge in [-0.1, -0.05) is 30.5 Å². The fraction of sp³-hybridized carbons (Fsp3) is 0.438. The van der Waals surface area contributed by atoms with Crippen molar-refractivity contribution in [2.45, 2.75) is 39.2 Å². The zero-order chi connectivity index (χ0) is 13.2. The summed E-state index contributed by atoms with van der Waals surface area (Å²) < 4.78 is 2.30. The number of aryl methyl sites for hydroxylation is 1. The number of hydrogen-bond acceptors (Lipinski definition) is 0. The molecule has 1 aliphatic rings. The second-order valence-corrected chi connectivity index (χ2v) is 5.76. The number of halogens is 1. The molecule has 100 valence electrons. The van der Waals surface area contributed by atoms with Gasteiger partial charge >= 0.3 is 0 Å². The van der Waals surface area contributed by atoms with Crippen LogP contribution in [-0.4, -0.2) is 4.98 Å². The normalized spacial score (nSPS) is 16.9. The lowest BCUT2D eigenvalue weighted by atomic mass is 10.1. The number of benzene rings is 1. The first-order valence-corrected chi connectivity index (χ1v) is 7.55. The summed E-state index contributed by atoms with van der Waals surface area (Å²) in [5, 5.41) is 0.781. The molecule has 2 aromatic rings.